The summed E-state index contributed by atoms with van der Waals surface area (Å²) in [5.74, 6) is 1.00. The number of pyridine rings is 1. The Morgan fingerprint density at radius 1 is 1.43 bits per heavy atom. The Morgan fingerprint density at radius 3 is 2.64 bits per heavy atom. The van der Waals surface area contributed by atoms with Crippen molar-refractivity contribution in [3.63, 3.8) is 0 Å². The number of nitrogens with zero attached hydrogens (tertiary/aromatic N) is 1. The second-order valence-corrected chi connectivity index (χ2v) is 3.37. The van der Waals surface area contributed by atoms with Crippen molar-refractivity contribution in [1.82, 2.24) is 4.98 Å². The van der Waals surface area contributed by atoms with Gasteiger partial charge in [-0.2, -0.15) is 0 Å². The average molecular weight is 262 g/mol. The predicted octanol–water partition coefficient (Wildman–Crippen LogP) is 1.40. The molecule has 5 heteroatoms. The Morgan fingerprint density at radius 2 is 2.14 bits per heavy atom. The molecule has 14 heavy (non-hydrogen) atoms. The van der Waals surface area contributed by atoms with E-state index >= 15 is 0 Å². The van der Waals surface area contributed by atoms with E-state index in [9.17, 15) is 0 Å². The summed E-state index contributed by atoms with van der Waals surface area (Å²) >= 11 is 3.29. The number of aromatic nitrogens is 1. The van der Waals surface area contributed by atoms with Crippen LogP contribution in [-0.2, 0) is 6.42 Å². The highest BCUT2D eigenvalue weighted by molar-refractivity contribution is 9.10. The molecule has 0 spiro atoms. The number of hydrogen-bond donors (Lipinski definition) is 1. The molecular weight excluding hydrogens is 250 g/mol. The molecule has 0 aliphatic carbocycles. The molecule has 0 saturated carbocycles. The fourth-order valence-electron chi connectivity index (χ4n) is 1.08. The van der Waals surface area contributed by atoms with Gasteiger partial charge in [0.05, 0.1) is 14.2 Å². The summed E-state index contributed by atoms with van der Waals surface area (Å²) < 4.78 is 10.8. The molecule has 0 aliphatic rings. The molecule has 1 aromatic heterocycles. The fourth-order valence-corrected chi connectivity index (χ4v) is 1.56. The molecule has 0 aliphatic heterocycles. The Bertz CT molecular complexity index is 317. The Hall–Kier alpha value is -0.810. The van der Waals surface area contributed by atoms with Crippen LogP contribution in [0.25, 0.3) is 0 Å². The first kappa shape index (κ1) is 11.3. The number of methoxy groups -OCH3 is 2. The summed E-state index contributed by atoms with van der Waals surface area (Å²) in [7, 11) is 3.08. The van der Waals surface area contributed by atoms with E-state index in [1.54, 1.807) is 13.2 Å². The summed E-state index contributed by atoms with van der Waals surface area (Å²) in [5, 5.41) is 8.81. The molecule has 0 aromatic carbocycles. The van der Waals surface area contributed by atoms with Crippen molar-refractivity contribution in [3.8, 4) is 11.6 Å². The van der Waals surface area contributed by atoms with Crippen LogP contribution in [0.1, 0.15) is 5.56 Å². The minimum atomic E-state index is 0.0791. The van der Waals surface area contributed by atoms with Gasteiger partial charge in [-0.1, -0.05) is 0 Å². The van der Waals surface area contributed by atoms with Crippen LogP contribution in [0.5, 0.6) is 11.6 Å². The molecule has 4 nitrogen and oxygen atoms in total. The Kier molecular flexibility index (Phi) is 4.16. The quantitative estimate of drug-likeness (QED) is 0.833. The standard InChI is InChI=1S/C9H12BrNO3/c1-13-7-5-6(3-4-12)8(10)11-9(7)14-2/h5,12H,3-4H2,1-2H3. The Labute approximate surface area is 91.0 Å². The summed E-state index contributed by atoms with van der Waals surface area (Å²) in [6, 6.07) is 1.80. The van der Waals surface area contributed by atoms with Crippen molar-refractivity contribution >= 4 is 15.9 Å². The van der Waals surface area contributed by atoms with Gasteiger partial charge in [0.25, 0.3) is 5.88 Å². The predicted molar refractivity (Wildman–Crippen MR) is 55.8 cm³/mol. The molecule has 0 atom stereocenters. The first-order valence-electron chi connectivity index (χ1n) is 4.11. The monoisotopic (exact) mass is 261 g/mol. The summed E-state index contributed by atoms with van der Waals surface area (Å²) in [6.45, 7) is 0.0791. The van der Waals surface area contributed by atoms with E-state index in [0.29, 0.717) is 22.7 Å². The van der Waals surface area contributed by atoms with Gasteiger partial charge in [0.15, 0.2) is 5.75 Å². The first-order chi connectivity index (χ1) is 6.72. The molecule has 0 radical (unpaired) electrons. The van der Waals surface area contributed by atoms with Gasteiger partial charge in [-0.15, -0.1) is 0 Å². The van der Waals surface area contributed by atoms with Gasteiger partial charge in [-0.05, 0) is 34.0 Å². The zero-order chi connectivity index (χ0) is 10.6. The molecule has 1 N–H and O–H groups in total. The van der Waals surface area contributed by atoms with Gasteiger partial charge < -0.3 is 14.6 Å². The molecule has 0 unspecified atom stereocenters. The van der Waals surface area contributed by atoms with Crippen molar-refractivity contribution in [2.75, 3.05) is 20.8 Å². The van der Waals surface area contributed by atoms with Gasteiger partial charge in [0.1, 0.15) is 4.60 Å². The zero-order valence-corrected chi connectivity index (χ0v) is 9.67. The maximum absolute atomic E-state index is 8.81. The van der Waals surface area contributed by atoms with E-state index in [-0.39, 0.29) is 6.61 Å². The van der Waals surface area contributed by atoms with Crippen LogP contribution < -0.4 is 9.47 Å². The number of hydrogen-bond acceptors (Lipinski definition) is 4. The smallest absolute Gasteiger partial charge is 0.257 e. The van der Waals surface area contributed by atoms with E-state index in [2.05, 4.69) is 20.9 Å². The number of ether oxygens (including phenoxy) is 2. The minimum Gasteiger partial charge on any atom is -0.491 e. The van der Waals surface area contributed by atoms with Gasteiger partial charge in [-0.3, -0.25) is 0 Å². The third-order valence-corrected chi connectivity index (χ3v) is 2.46. The van der Waals surface area contributed by atoms with E-state index in [1.165, 1.54) is 7.11 Å². The second kappa shape index (κ2) is 5.17. The fraction of sp³-hybridized carbons (Fsp3) is 0.444. The van der Waals surface area contributed by atoms with Crippen molar-refractivity contribution in [1.29, 1.82) is 0 Å². The lowest BCUT2D eigenvalue weighted by molar-refractivity contribution is 0.298. The minimum absolute atomic E-state index is 0.0791. The SMILES string of the molecule is COc1cc(CCO)c(Br)nc1OC. The molecule has 1 aromatic rings. The highest BCUT2D eigenvalue weighted by atomic mass is 79.9. The lowest BCUT2D eigenvalue weighted by atomic mass is 10.2. The van der Waals surface area contributed by atoms with Crippen molar-refractivity contribution < 1.29 is 14.6 Å². The highest BCUT2D eigenvalue weighted by Gasteiger charge is 2.10. The third kappa shape index (κ3) is 2.36. The van der Waals surface area contributed by atoms with Gasteiger partial charge >= 0.3 is 0 Å². The first-order valence-corrected chi connectivity index (χ1v) is 4.90. The Balaban J connectivity index is 3.09. The lowest BCUT2D eigenvalue weighted by Gasteiger charge is -2.09. The topological polar surface area (TPSA) is 51.6 Å². The van der Waals surface area contributed by atoms with E-state index in [4.69, 9.17) is 14.6 Å². The molecule has 0 bridgehead atoms. The van der Waals surface area contributed by atoms with Crippen molar-refractivity contribution in [3.05, 3.63) is 16.2 Å². The lowest BCUT2D eigenvalue weighted by Crippen LogP contribution is -1.99. The zero-order valence-electron chi connectivity index (χ0n) is 8.08. The molecule has 1 heterocycles. The summed E-state index contributed by atoms with van der Waals surface area (Å²) in [6.07, 6.45) is 0.536. The van der Waals surface area contributed by atoms with E-state index in [0.717, 1.165) is 5.56 Å². The van der Waals surface area contributed by atoms with Crippen LogP contribution in [0.15, 0.2) is 10.7 Å². The molecule has 0 saturated heterocycles. The maximum Gasteiger partial charge on any atom is 0.257 e. The molecule has 0 fully saturated rings. The third-order valence-electron chi connectivity index (χ3n) is 1.78. The maximum atomic E-state index is 8.81. The van der Waals surface area contributed by atoms with Gasteiger partial charge in [0, 0.05) is 6.61 Å². The number of rotatable bonds is 4. The van der Waals surface area contributed by atoms with Crippen LogP contribution in [0.2, 0.25) is 0 Å². The molecule has 0 amide bonds. The molecule has 1 rings (SSSR count). The molecule has 78 valence electrons. The van der Waals surface area contributed by atoms with Gasteiger partial charge in [-0.25, -0.2) is 4.98 Å². The van der Waals surface area contributed by atoms with Crippen molar-refractivity contribution in [2.45, 2.75) is 6.42 Å². The summed E-state index contributed by atoms with van der Waals surface area (Å²) in [4.78, 5) is 4.14. The van der Waals surface area contributed by atoms with Crippen LogP contribution in [0.4, 0.5) is 0 Å². The van der Waals surface area contributed by atoms with Crippen LogP contribution in [0, 0.1) is 0 Å². The second-order valence-electron chi connectivity index (χ2n) is 2.62. The van der Waals surface area contributed by atoms with E-state index in [1.807, 2.05) is 0 Å². The summed E-state index contributed by atoms with van der Waals surface area (Å²) in [5.41, 5.74) is 0.894. The van der Waals surface area contributed by atoms with Gasteiger partial charge in [0.2, 0.25) is 0 Å². The van der Waals surface area contributed by atoms with E-state index < -0.39 is 0 Å². The van der Waals surface area contributed by atoms with Crippen LogP contribution >= 0.6 is 15.9 Å². The number of aliphatic hydroxyl groups is 1. The molecular formula is C9H12BrNO3. The van der Waals surface area contributed by atoms with Crippen LogP contribution in [-0.4, -0.2) is 30.9 Å². The van der Waals surface area contributed by atoms with Crippen molar-refractivity contribution in [2.24, 2.45) is 0 Å². The number of aliphatic hydroxyl groups excluding tert-OH is 1. The number of halogens is 1. The highest BCUT2D eigenvalue weighted by Crippen LogP contribution is 2.29. The average Bonchev–Trinajstić information content (AvgIpc) is 2.20. The van der Waals surface area contributed by atoms with Crippen LogP contribution in [0.3, 0.4) is 0 Å². The normalized spacial score (nSPS) is 10.0. The largest absolute Gasteiger partial charge is 0.491 e.